The second-order valence-corrected chi connectivity index (χ2v) is 3.55. The molecule has 1 saturated heterocycles. The molecule has 66 valence electrons. The molecule has 0 spiro atoms. The molecule has 1 heterocycles. The van der Waals surface area contributed by atoms with Gasteiger partial charge in [0.15, 0.2) is 0 Å². The van der Waals surface area contributed by atoms with Crippen molar-refractivity contribution in [3.63, 3.8) is 0 Å². The van der Waals surface area contributed by atoms with E-state index in [0.717, 1.165) is 13.1 Å². The lowest BCUT2D eigenvalue weighted by Gasteiger charge is -1.95. The van der Waals surface area contributed by atoms with Gasteiger partial charge < -0.3 is 12.4 Å². The highest BCUT2D eigenvalue weighted by molar-refractivity contribution is 6.94. The number of halogens is 3. The molecule has 0 unspecified atom stereocenters. The highest BCUT2D eigenvalue weighted by atomic mass is 35.5. The molecule has 0 aliphatic carbocycles. The molecular formula is C7H12Cl3N. The summed E-state index contributed by atoms with van der Waals surface area (Å²) in [6.07, 6.45) is 5.08. The average molecular weight is 217 g/mol. The van der Waals surface area contributed by atoms with Crippen LogP contribution in [-0.4, -0.2) is 22.3 Å². The van der Waals surface area contributed by atoms with E-state index in [0.29, 0.717) is 4.63 Å². The van der Waals surface area contributed by atoms with E-state index in [2.05, 4.69) is 0 Å². The first-order chi connectivity index (χ1) is 4.80. The Morgan fingerprint density at radius 1 is 0.909 bits per heavy atom. The molecule has 1 aliphatic heterocycles. The Kier molecular flexibility index (Phi) is 6.40. The smallest absolute Gasteiger partial charge is 0.341 e. The maximum absolute atomic E-state index is 5.64. The maximum atomic E-state index is 5.64. The maximum Gasteiger partial charge on any atom is 0.341 e. The predicted molar refractivity (Wildman–Crippen MR) is 45.2 cm³/mol. The molecule has 4 heteroatoms. The molecule has 0 bridgehead atoms. The van der Waals surface area contributed by atoms with Gasteiger partial charge in [-0.25, -0.2) is 4.58 Å². The van der Waals surface area contributed by atoms with Crippen molar-refractivity contribution >= 4 is 27.8 Å². The summed E-state index contributed by atoms with van der Waals surface area (Å²) in [5.41, 5.74) is 0. The van der Waals surface area contributed by atoms with Crippen LogP contribution in [0.15, 0.2) is 0 Å². The van der Waals surface area contributed by atoms with Gasteiger partial charge in [-0.3, -0.25) is 0 Å². The van der Waals surface area contributed by atoms with Gasteiger partial charge in [0.25, 0.3) is 0 Å². The Balaban J connectivity index is 0.000001000. The predicted octanol–water partition coefficient (Wildman–Crippen LogP) is -0.590. The summed E-state index contributed by atoms with van der Waals surface area (Å²) in [5, 5.41) is 0. The van der Waals surface area contributed by atoms with Crippen LogP contribution in [0.3, 0.4) is 0 Å². The van der Waals surface area contributed by atoms with Gasteiger partial charge in [-0.05, 0) is 12.8 Å². The lowest BCUT2D eigenvalue weighted by molar-refractivity contribution is -0.521. The lowest BCUT2D eigenvalue weighted by Crippen LogP contribution is -3.00. The first kappa shape index (κ1) is 11.5. The first-order valence-electron chi connectivity index (χ1n) is 3.73. The Labute approximate surface area is 83.8 Å². The van der Waals surface area contributed by atoms with Crippen molar-refractivity contribution in [2.24, 2.45) is 0 Å². The average Bonchev–Trinajstić information content (AvgIpc) is 2.12. The molecule has 1 nitrogen and oxygen atoms in total. The zero-order valence-corrected chi connectivity index (χ0v) is 8.59. The van der Waals surface area contributed by atoms with Crippen LogP contribution in [0.1, 0.15) is 25.7 Å². The summed E-state index contributed by atoms with van der Waals surface area (Å²) in [5.74, 6) is 0. The van der Waals surface area contributed by atoms with Gasteiger partial charge in [-0.2, -0.15) is 0 Å². The number of hydrogen-bond acceptors (Lipinski definition) is 0. The van der Waals surface area contributed by atoms with Gasteiger partial charge >= 0.3 is 4.63 Å². The van der Waals surface area contributed by atoms with Crippen LogP contribution in [-0.2, 0) is 0 Å². The van der Waals surface area contributed by atoms with E-state index in [9.17, 15) is 0 Å². The highest BCUT2D eigenvalue weighted by Gasteiger charge is 2.12. The summed E-state index contributed by atoms with van der Waals surface area (Å²) >= 11 is 11.3. The van der Waals surface area contributed by atoms with Crippen molar-refractivity contribution in [1.29, 1.82) is 0 Å². The van der Waals surface area contributed by atoms with Crippen LogP contribution in [0.5, 0.6) is 0 Å². The van der Waals surface area contributed by atoms with Gasteiger partial charge in [-0.1, -0.05) is 0 Å². The Morgan fingerprint density at radius 3 is 1.73 bits per heavy atom. The van der Waals surface area contributed by atoms with Crippen LogP contribution >= 0.6 is 23.2 Å². The largest absolute Gasteiger partial charge is 1.00 e. The minimum Gasteiger partial charge on any atom is -1.00 e. The second kappa shape index (κ2) is 6.10. The van der Waals surface area contributed by atoms with Gasteiger partial charge in [0.2, 0.25) is 0 Å². The summed E-state index contributed by atoms with van der Waals surface area (Å²) < 4.78 is 2.47. The van der Waals surface area contributed by atoms with Crippen LogP contribution < -0.4 is 12.4 Å². The van der Waals surface area contributed by atoms with E-state index in [1.54, 1.807) is 0 Å². The van der Waals surface area contributed by atoms with Crippen LogP contribution in [0.4, 0.5) is 0 Å². The van der Waals surface area contributed by atoms with Gasteiger partial charge in [-0.15, -0.1) is 0 Å². The van der Waals surface area contributed by atoms with E-state index in [4.69, 9.17) is 23.2 Å². The normalized spacial score (nSPS) is 18.5. The Morgan fingerprint density at radius 2 is 1.36 bits per heavy atom. The van der Waals surface area contributed by atoms with Crippen molar-refractivity contribution in [2.45, 2.75) is 25.7 Å². The molecule has 0 N–H and O–H groups in total. The molecule has 0 atom stereocenters. The number of nitrogens with zero attached hydrogens (tertiary/aromatic N) is 1. The van der Waals surface area contributed by atoms with Crippen molar-refractivity contribution in [1.82, 2.24) is 0 Å². The second-order valence-electron chi connectivity index (χ2n) is 2.64. The first-order valence-corrected chi connectivity index (χ1v) is 4.49. The molecule has 1 rings (SSSR count). The summed E-state index contributed by atoms with van der Waals surface area (Å²) in [7, 11) is 0. The summed E-state index contributed by atoms with van der Waals surface area (Å²) in [6, 6.07) is 0. The molecular weight excluding hydrogens is 204 g/mol. The zero-order valence-electron chi connectivity index (χ0n) is 6.32. The lowest BCUT2D eigenvalue weighted by atomic mass is 10.2. The highest BCUT2D eigenvalue weighted by Crippen LogP contribution is 2.07. The van der Waals surface area contributed by atoms with Gasteiger partial charge in [0, 0.05) is 36.0 Å². The SMILES string of the molecule is ClC(Cl)=[N+]1CCCCCC1.[Cl-]. The molecule has 0 aromatic carbocycles. The van der Waals surface area contributed by atoms with Crippen molar-refractivity contribution in [3.05, 3.63) is 0 Å². The third kappa shape index (κ3) is 4.19. The van der Waals surface area contributed by atoms with Gasteiger partial charge in [0.05, 0.1) is 0 Å². The number of rotatable bonds is 0. The molecule has 0 aromatic heterocycles. The molecule has 0 saturated carbocycles. The van der Waals surface area contributed by atoms with E-state index < -0.39 is 0 Å². The fourth-order valence-corrected chi connectivity index (χ4v) is 1.58. The topological polar surface area (TPSA) is 3.01 Å². The van der Waals surface area contributed by atoms with E-state index in [-0.39, 0.29) is 12.4 Å². The molecule has 1 aliphatic rings. The Bertz CT molecular complexity index is 131. The fourth-order valence-electron chi connectivity index (χ4n) is 1.24. The van der Waals surface area contributed by atoms with Gasteiger partial charge in [0.1, 0.15) is 13.1 Å². The Hall–Kier alpha value is 0.540. The molecule has 0 amide bonds. The molecule has 11 heavy (non-hydrogen) atoms. The fraction of sp³-hybridized carbons (Fsp3) is 0.857. The van der Waals surface area contributed by atoms with Crippen LogP contribution in [0.25, 0.3) is 0 Å². The molecule has 1 fully saturated rings. The standard InChI is InChI=1S/C7H12Cl2N.ClH/c8-7(9)10-5-3-1-2-4-6-10;/h1-6H2;1H/q+1;/p-1. The quantitative estimate of drug-likeness (QED) is 0.476. The minimum absolute atomic E-state index is 0. The molecule has 0 radical (unpaired) electrons. The van der Waals surface area contributed by atoms with Crippen LogP contribution in [0, 0.1) is 0 Å². The minimum atomic E-state index is 0. The van der Waals surface area contributed by atoms with E-state index >= 15 is 0 Å². The summed E-state index contributed by atoms with van der Waals surface area (Å²) in [6.45, 7) is 2.06. The van der Waals surface area contributed by atoms with Crippen molar-refractivity contribution in [2.75, 3.05) is 13.1 Å². The number of hydrogen-bond donors (Lipinski definition) is 0. The van der Waals surface area contributed by atoms with Crippen molar-refractivity contribution in [3.8, 4) is 0 Å². The third-order valence-electron chi connectivity index (χ3n) is 1.85. The summed E-state index contributed by atoms with van der Waals surface area (Å²) in [4.78, 5) is 0. The van der Waals surface area contributed by atoms with Crippen LogP contribution in [0.2, 0.25) is 0 Å². The van der Waals surface area contributed by atoms with E-state index in [1.165, 1.54) is 25.7 Å². The zero-order chi connectivity index (χ0) is 7.40. The molecule has 0 aromatic rings. The van der Waals surface area contributed by atoms with E-state index in [1.807, 2.05) is 4.58 Å². The van der Waals surface area contributed by atoms with Crippen molar-refractivity contribution < 1.29 is 17.0 Å². The monoisotopic (exact) mass is 215 g/mol. The third-order valence-corrected chi connectivity index (χ3v) is 2.32.